The highest BCUT2D eigenvalue weighted by Gasteiger charge is 2.06. The molecule has 0 aliphatic rings. The number of rotatable bonds is 2. The fourth-order valence-corrected chi connectivity index (χ4v) is 1.06. The molecule has 1 heterocycles. The first kappa shape index (κ1) is 5.22. The zero-order chi connectivity index (χ0) is 10.8. The molecular weight excluding hydrogens is 185 g/mol. The van der Waals surface area contributed by atoms with E-state index in [9.17, 15) is 0 Å². The van der Waals surface area contributed by atoms with Crippen molar-refractivity contribution in [3.8, 4) is 5.75 Å². The fourth-order valence-electron chi connectivity index (χ4n) is 0.668. The summed E-state index contributed by atoms with van der Waals surface area (Å²) in [5, 5.41) is 0.187. The minimum absolute atomic E-state index is 0.0177. The van der Waals surface area contributed by atoms with E-state index in [2.05, 4.69) is 9.72 Å². The molecule has 1 aromatic rings. The van der Waals surface area contributed by atoms with Gasteiger partial charge in [-0.05, 0) is 6.07 Å². The summed E-state index contributed by atoms with van der Waals surface area (Å²) in [6.07, 6.45) is 1.44. The smallest absolute Gasteiger partial charge is 0.160 e. The lowest BCUT2D eigenvalue weighted by molar-refractivity contribution is 0.409. The minimum Gasteiger partial charge on any atom is -0.493 e. The Kier molecular flexibility index (Phi) is 1.80. The lowest BCUT2D eigenvalue weighted by atomic mass is 10.3. The molecule has 0 aliphatic heterocycles. The zero-order valence-electron chi connectivity index (χ0n) is 8.47. The Balaban J connectivity index is 3.05. The maximum absolute atomic E-state index is 6.92. The number of pyridine rings is 1. The van der Waals surface area contributed by atoms with Crippen LogP contribution in [0.1, 0.15) is 9.81 Å². The molecule has 1 rings (SSSR count). The summed E-state index contributed by atoms with van der Waals surface area (Å²) in [6, 6.07) is 1.44. The van der Waals surface area contributed by atoms with Crippen LogP contribution >= 0.6 is 23.2 Å². The highest BCUT2D eigenvalue weighted by Crippen LogP contribution is 2.27. The second-order valence-corrected chi connectivity index (χ2v) is 2.48. The molecule has 0 saturated carbocycles. The van der Waals surface area contributed by atoms with Gasteiger partial charge in [0, 0.05) is 6.20 Å². The van der Waals surface area contributed by atoms with Gasteiger partial charge in [-0.15, -0.1) is 11.6 Å². The minimum atomic E-state index is -2.55. The molecule has 0 aromatic carbocycles. The molecule has 4 heteroatoms. The van der Waals surface area contributed by atoms with Crippen LogP contribution in [0.2, 0.25) is 5.02 Å². The lowest BCUT2D eigenvalue weighted by Gasteiger charge is -2.05. The van der Waals surface area contributed by atoms with Gasteiger partial charge in [0.2, 0.25) is 0 Å². The van der Waals surface area contributed by atoms with Crippen LogP contribution in [0.4, 0.5) is 0 Å². The van der Waals surface area contributed by atoms with E-state index in [-0.39, 0.29) is 16.7 Å². The van der Waals surface area contributed by atoms with Gasteiger partial charge in [-0.25, -0.2) is 0 Å². The van der Waals surface area contributed by atoms with E-state index in [4.69, 9.17) is 27.3 Å². The molecule has 0 amide bonds. The van der Waals surface area contributed by atoms with E-state index in [1.807, 2.05) is 0 Å². The number of aromatic nitrogens is 1. The molecule has 0 aliphatic carbocycles. The summed E-state index contributed by atoms with van der Waals surface area (Å²) < 4.78 is 25.4. The number of hydrogen-bond acceptors (Lipinski definition) is 2. The molecule has 0 bridgehead atoms. The predicted molar refractivity (Wildman–Crippen MR) is 45.4 cm³/mol. The summed E-state index contributed by atoms with van der Waals surface area (Å²) in [5.74, 6) is 0.0653. The predicted octanol–water partition coefficient (Wildman–Crippen LogP) is 2.48. The number of alkyl halides is 1. The SMILES string of the molecule is [2H]C([2H])([2H])Oc1c(Cl)ccnc1CCl. The van der Waals surface area contributed by atoms with Gasteiger partial charge in [0.1, 0.15) is 0 Å². The first-order chi connectivity index (χ1) is 6.44. The van der Waals surface area contributed by atoms with Crippen molar-refractivity contribution in [2.24, 2.45) is 0 Å². The van der Waals surface area contributed by atoms with Crippen molar-refractivity contribution in [1.82, 2.24) is 4.98 Å². The van der Waals surface area contributed by atoms with Gasteiger partial charge in [-0.1, -0.05) is 11.6 Å². The molecule has 1 aromatic heterocycles. The summed E-state index contributed by atoms with van der Waals surface area (Å²) >= 11 is 11.3. The third kappa shape index (κ3) is 1.76. The molecule has 0 atom stereocenters. The molecule has 0 N–H and O–H groups in total. The number of halogens is 2. The van der Waals surface area contributed by atoms with Crippen molar-refractivity contribution < 1.29 is 8.85 Å². The standard InChI is InChI=1S/C7H7Cl2NO/c1-11-7-5(9)2-3-10-6(7)4-8/h2-3H,4H2,1H3/i1D3. The molecule has 2 nitrogen and oxygen atoms in total. The van der Waals surface area contributed by atoms with E-state index < -0.39 is 7.04 Å². The summed E-state index contributed by atoms with van der Waals surface area (Å²) in [5.41, 5.74) is 0.315. The molecular formula is C7H7Cl2NO. The molecule has 0 unspecified atom stereocenters. The molecule has 0 radical (unpaired) electrons. The lowest BCUT2D eigenvalue weighted by Crippen LogP contribution is -1.92. The number of ether oxygens (including phenoxy) is 1. The Hall–Kier alpha value is -0.470. The monoisotopic (exact) mass is 194 g/mol. The Morgan fingerprint density at radius 1 is 1.82 bits per heavy atom. The van der Waals surface area contributed by atoms with Crippen molar-refractivity contribution in [3.63, 3.8) is 0 Å². The van der Waals surface area contributed by atoms with Crippen molar-refractivity contribution in [2.45, 2.75) is 5.88 Å². The van der Waals surface area contributed by atoms with Crippen LogP contribution in [0, 0.1) is 0 Å². The third-order valence-corrected chi connectivity index (χ3v) is 1.71. The van der Waals surface area contributed by atoms with Crippen molar-refractivity contribution >= 4 is 23.2 Å². The zero-order valence-corrected chi connectivity index (χ0v) is 6.99. The van der Waals surface area contributed by atoms with Crippen molar-refractivity contribution in [1.29, 1.82) is 0 Å². The normalized spacial score (nSPS) is 14.9. The van der Waals surface area contributed by atoms with E-state index in [0.717, 1.165) is 0 Å². The average molecular weight is 195 g/mol. The van der Waals surface area contributed by atoms with Crippen LogP contribution in [0.25, 0.3) is 0 Å². The van der Waals surface area contributed by atoms with Gasteiger partial charge in [0.15, 0.2) is 5.75 Å². The Morgan fingerprint density at radius 2 is 2.64 bits per heavy atom. The van der Waals surface area contributed by atoms with Crippen LogP contribution in [0.3, 0.4) is 0 Å². The largest absolute Gasteiger partial charge is 0.493 e. The van der Waals surface area contributed by atoms with Crippen LogP contribution in [0.5, 0.6) is 5.75 Å². The number of methoxy groups -OCH3 is 1. The van der Waals surface area contributed by atoms with E-state index in [0.29, 0.717) is 5.69 Å². The summed E-state index contributed by atoms with van der Waals surface area (Å²) in [4.78, 5) is 3.85. The van der Waals surface area contributed by atoms with Crippen LogP contribution in [0.15, 0.2) is 12.3 Å². The van der Waals surface area contributed by atoms with Crippen LogP contribution in [-0.2, 0) is 5.88 Å². The van der Waals surface area contributed by atoms with E-state index in [1.165, 1.54) is 12.3 Å². The second kappa shape index (κ2) is 3.79. The molecule has 0 saturated heterocycles. The van der Waals surface area contributed by atoms with Crippen molar-refractivity contribution in [2.75, 3.05) is 7.04 Å². The number of hydrogen-bond donors (Lipinski definition) is 0. The quantitative estimate of drug-likeness (QED) is 0.676. The Morgan fingerprint density at radius 3 is 3.27 bits per heavy atom. The van der Waals surface area contributed by atoms with Crippen molar-refractivity contribution in [3.05, 3.63) is 23.0 Å². The van der Waals surface area contributed by atoms with E-state index >= 15 is 0 Å². The van der Waals surface area contributed by atoms with Gasteiger partial charge >= 0.3 is 0 Å². The molecule has 11 heavy (non-hydrogen) atoms. The highest BCUT2D eigenvalue weighted by molar-refractivity contribution is 6.32. The van der Waals surface area contributed by atoms with Crippen LogP contribution in [-0.4, -0.2) is 12.0 Å². The summed E-state index contributed by atoms with van der Waals surface area (Å²) in [6.45, 7) is 0. The molecule has 0 fully saturated rings. The Bertz CT molecular complexity index is 329. The number of nitrogens with zero attached hydrogens (tertiary/aromatic N) is 1. The third-order valence-electron chi connectivity index (χ3n) is 1.16. The Labute approximate surface area is 79.3 Å². The van der Waals surface area contributed by atoms with Gasteiger partial charge in [-0.3, -0.25) is 4.98 Å². The van der Waals surface area contributed by atoms with Crippen LogP contribution < -0.4 is 4.74 Å². The fraction of sp³-hybridized carbons (Fsp3) is 0.286. The van der Waals surface area contributed by atoms with E-state index in [1.54, 1.807) is 0 Å². The first-order valence-electron chi connectivity index (χ1n) is 4.32. The van der Waals surface area contributed by atoms with Gasteiger partial charge < -0.3 is 4.74 Å². The van der Waals surface area contributed by atoms with Gasteiger partial charge in [0.25, 0.3) is 0 Å². The average Bonchev–Trinajstić information content (AvgIpc) is 2.06. The molecule has 60 valence electrons. The first-order valence-corrected chi connectivity index (χ1v) is 3.73. The van der Waals surface area contributed by atoms with Gasteiger partial charge in [-0.2, -0.15) is 0 Å². The second-order valence-electron chi connectivity index (χ2n) is 1.80. The maximum atomic E-state index is 6.92. The molecule has 0 spiro atoms. The highest BCUT2D eigenvalue weighted by atomic mass is 35.5. The maximum Gasteiger partial charge on any atom is 0.160 e. The summed E-state index contributed by atoms with van der Waals surface area (Å²) in [7, 11) is -2.55. The van der Waals surface area contributed by atoms with Gasteiger partial charge in [0.05, 0.1) is 27.7 Å². The topological polar surface area (TPSA) is 22.1 Å².